The summed E-state index contributed by atoms with van der Waals surface area (Å²) in [6.45, 7) is 5.38. The molecule has 3 heterocycles. The average Bonchev–Trinajstić information content (AvgIpc) is 2.91. The maximum Gasteiger partial charge on any atom is 0.255 e. The van der Waals surface area contributed by atoms with Gasteiger partial charge in [0.1, 0.15) is 5.82 Å². The summed E-state index contributed by atoms with van der Waals surface area (Å²) >= 11 is 6.28. The molecule has 8 nitrogen and oxygen atoms in total. The van der Waals surface area contributed by atoms with Crippen molar-refractivity contribution in [2.75, 3.05) is 41.1 Å². The van der Waals surface area contributed by atoms with Crippen LogP contribution < -0.4 is 9.21 Å². The van der Waals surface area contributed by atoms with E-state index in [1.165, 1.54) is 18.2 Å². The van der Waals surface area contributed by atoms with Gasteiger partial charge in [-0.3, -0.25) is 9.59 Å². The monoisotopic (exact) mass is 462 g/mol. The Morgan fingerprint density at radius 2 is 1.81 bits per heavy atom. The van der Waals surface area contributed by atoms with Crippen LogP contribution in [0.2, 0.25) is 5.02 Å². The Morgan fingerprint density at radius 3 is 2.39 bits per heavy atom. The van der Waals surface area contributed by atoms with E-state index in [0.717, 1.165) is 10.1 Å². The number of carbonyl (C=O) groups excluding carboxylic acids is 2. The molecular formula is C21H23ClN4O4S. The average molecular weight is 463 g/mol. The van der Waals surface area contributed by atoms with Gasteiger partial charge >= 0.3 is 0 Å². The Bertz CT molecular complexity index is 1130. The molecule has 2 amide bonds. The highest BCUT2D eigenvalue weighted by atomic mass is 35.5. The number of halogens is 1. The van der Waals surface area contributed by atoms with Crippen LogP contribution in [0.3, 0.4) is 0 Å². The molecule has 31 heavy (non-hydrogen) atoms. The summed E-state index contributed by atoms with van der Waals surface area (Å²) in [5.74, 6) is -0.233. The molecule has 10 heteroatoms. The molecule has 1 aromatic carbocycles. The van der Waals surface area contributed by atoms with Gasteiger partial charge in [0.15, 0.2) is 0 Å². The number of aromatic nitrogens is 1. The Morgan fingerprint density at radius 1 is 1.10 bits per heavy atom. The van der Waals surface area contributed by atoms with Crippen LogP contribution in [0.15, 0.2) is 42.6 Å². The first-order chi connectivity index (χ1) is 14.6. The number of nitrogens with zero attached hydrogens (tertiary/aromatic N) is 4. The number of benzene rings is 1. The van der Waals surface area contributed by atoms with Crippen molar-refractivity contribution < 1.29 is 18.0 Å². The van der Waals surface area contributed by atoms with E-state index < -0.39 is 21.3 Å². The number of sulfonamides is 1. The van der Waals surface area contributed by atoms with Gasteiger partial charge in [0.25, 0.3) is 5.91 Å². The second-order valence-electron chi connectivity index (χ2n) is 8.34. The predicted octanol–water partition coefficient (Wildman–Crippen LogP) is 2.40. The van der Waals surface area contributed by atoms with Gasteiger partial charge in [-0.15, -0.1) is 0 Å². The van der Waals surface area contributed by atoms with Crippen LogP contribution in [0.5, 0.6) is 0 Å². The van der Waals surface area contributed by atoms with Crippen LogP contribution in [0.4, 0.5) is 11.5 Å². The highest BCUT2D eigenvalue weighted by Crippen LogP contribution is 2.37. The van der Waals surface area contributed by atoms with Crippen LogP contribution in [0.25, 0.3) is 0 Å². The molecule has 0 atom stereocenters. The summed E-state index contributed by atoms with van der Waals surface area (Å²) in [6.07, 6.45) is 1.73. The van der Waals surface area contributed by atoms with E-state index in [0.29, 0.717) is 26.2 Å². The molecule has 2 fully saturated rings. The molecule has 2 aliphatic rings. The third-order valence-electron chi connectivity index (χ3n) is 5.54. The quantitative estimate of drug-likeness (QED) is 0.695. The first kappa shape index (κ1) is 21.6. The zero-order valence-corrected chi connectivity index (χ0v) is 18.9. The lowest BCUT2D eigenvalue weighted by atomic mass is 9.95. The fourth-order valence-corrected chi connectivity index (χ4v) is 6.21. The number of pyridine rings is 1. The Kier molecular flexibility index (Phi) is 5.43. The molecule has 0 aliphatic carbocycles. The minimum Gasteiger partial charge on any atom is -0.353 e. The third-order valence-corrected chi connectivity index (χ3v) is 7.89. The summed E-state index contributed by atoms with van der Waals surface area (Å²) in [5.41, 5.74) is -0.710. The third kappa shape index (κ3) is 3.99. The van der Waals surface area contributed by atoms with Gasteiger partial charge in [-0.25, -0.2) is 17.7 Å². The van der Waals surface area contributed by atoms with Crippen LogP contribution in [-0.2, 0) is 14.8 Å². The van der Waals surface area contributed by atoms with Crippen molar-refractivity contribution in [2.24, 2.45) is 5.41 Å². The molecular weight excluding hydrogens is 440 g/mol. The Labute approximate surface area is 186 Å². The molecule has 0 N–H and O–H groups in total. The molecule has 0 saturated carbocycles. The van der Waals surface area contributed by atoms with Crippen LogP contribution in [-0.4, -0.2) is 62.0 Å². The summed E-state index contributed by atoms with van der Waals surface area (Å²) < 4.78 is 26.0. The largest absolute Gasteiger partial charge is 0.353 e. The van der Waals surface area contributed by atoms with E-state index in [9.17, 15) is 18.0 Å². The van der Waals surface area contributed by atoms with E-state index in [2.05, 4.69) is 9.88 Å². The van der Waals surface area contributed by atoms with Gasteiger partial charge in [0.05, 0.1) is 27.4 Å². The van der Waals surface area contributed by atoms with Gasteiger partial charge < -0.3 is 9.80 Å². The number of hydrogen-bond acceptors (Lipinski definition) is 6. The molecule has 0 bridgehead atoms. The van der Waals surface area contributed by atoms with Gasteiger partial charge in [0.2, 0.25) is 15.9 Å². The molecule has 2 aliphatic heterocycles. The predicted molar refractivity (Wildman–Crippen MR) is 119 cm³/mol. The van der Waals surface area contributed by atoms with Gasteiger partial charge in [0, 0.05) is 32.4 Å². The number of rotatable bonds is 3. The summed E-state index contributed by atoms with van der Waals surface area (Å²) in [6, 6.07) is 10.0. The summed E-state index contributed by atoms with van der Waals surface area (Å²) in [7, 11) is -3.81. The highest BCUT2D eigenvalue weighted by molar-refractivity contribution is 7.94. The van der Waals surface area contributed by atoms with E-state index in [1.54, 1.807) is 24.9 Å². The van der Waals surface area contributed by atoms with E-state index in [1.807, 2.05) is 18.2 Å². The lowest BCUT2D eigenvalue weighted by molar-refractivity contribution is -0.123. The van der Waals surface area contributed by atoms with E-state index >= 15 is 0 Å². The topological polar surface area (TPSA) is 90.9 Å². The maximum absolute atomic E-state index is 13.2. The van der Waals surface area contributed by atoms with Crippen molar-refractivity contribution in [3.63, 3.8) is 0 Å². The van der Waals surface area contributed by atoms with Crippen molar-refractivity contribution in [3.8, 4) is 0 Å². The lowest BCUT2D eigenvalue weighted by Gasteiger charge is -2.35. The van der Waals surface area contributed by atoms with Crippen molar-refractivity contribution in [1.29, 1.82) is 0 Å². The number of amides is 2. The standard InChI is InChI=1S/C21H23ClN4O4S/c1-21(2)14-31(29,30)26(20(21)28)15-6-7-17(22)16(13-15)19(27)25-11-9-24(10-12-25)18-5-3-4-8-23-18/h3-8,13H,9-12,14H2,1-2H3. The number of anilines is 2. The second kappa shape index (κ2) is 7.80. The highest BCUT2D eigenvalue weighted by Gasteiger charge is 2.50. The van der Waals surface area contributed by atoms with Crippen molar-refractivity contribution in [3.05, 3.63) is 53.2 Å². The first-order valence-corrected chi connectivity index (χ1v) is 11.9. The van der Waals surface area contributed by atoms with Crippen LogP contribution >= 0.6 is 11.6 Å². The Balaban J connectivity index is 1.56. The van der Waals surface area contributed by atoms with Crippen molar-refractivity contribution in [2.45, 2.75) is 13.8 Å². The van der Waals surface area contributed by atoms with E-state index in [4.69, 9.17) is 11.6 Å². The molecule has 4 rings (SSSR count). The molecule has 1 aromatic heterocycles. The van der Waals surface area contributed by atoms with Crippen molar-refractivity contribution >= 4 is 44.9 Å². The second-order valence-corrected chi connectivity index (χ2v) is 10.6. The first-order valence-electron chi connectivity index (χ1n) is 9.92. The molecule has 0 radical (unpaired) electrons. The van der Waals surface area contributed by atoms with Gasteiger partial charge in [-0.1, -0.05) is 17.7 Å². The molecule has 164 valence electrons. The lowest BCUT2D eigenvalue weighted by Crippen LogP contribution is -2.49. The molecule has 0 spiro atoms. The maximum atomic E-state index is 13.2. The van der Waals surface area contributed by atoms with Gasteiger partial charge in [-0.05, 0) is 44.2 Å². The summed E-state index contributed by atoms with van der Waals surface area (Å²) in [5, 5.41) is 0.212. The zero-order chi connectivity index (χ0) is 22.4. The smallest absolute Gasteiger partial charge is 0.255 e. The zero-order valence-electron chi connectivity index (χ0n) is 17.3. The summed E-state index contributed by atoms with van der Waals surface area (Å²) in [4.78, 5) is 34.0. The molecule has 2 saturated heterocycles. The fraction of sp³-hybridized carbons (Fsp3) is 0.381. The van der Waals surface area contributed by atoms with Crippen LogP contribution in [0.1, 0.15) is 24.2 Å². The fourth-order valence-electron chi connectivity index (χ4n) is 3.91. The molecule has 2 aromatic rings. The Hall–Kier alpha value is -2.65. The number of carbonyl (C=O) groups is 2. The SMILES string of the molecule is CC1(C)CS(=O)(=O)N(c2ccc(Cl)c(C(=O)N3CCN(c4ccccn4)CC3)c2)C1=O. The van der Waals surface area contributed by atoms with Crippen LogP contribution in [0, 0.1) is 5.41 Å². The number of hydrogen-bond donors (Lipinski definition) is 0. The van der Waals surface area contributed by atoms with Gasteiger partial charge in [-0.2, -0.15) is 0 Å². The normalized spacial score (nSPS) is 20.2. The number of piperazine rings is 1. The van der Waals surface area contributed by atoms with Crippen molar-refractivity contribution in [1.82, 2.24) is 9.88 Å². The minimum absolute atomic E-state index is 0.135. The molecule has 0 unspecified atom stereocenters. The van der Waals surface area contributed by atoms with E-state index in [-0.39, 0.29) is 27.9 Å². The minimum atomic E-state index is -3.81.